The number of hydrogen-bond acceptors (Lipinski definition) is 4. The van der Waals surface area contributed by atoms with Gasteiger partial charge in [0.1, 0.15) is 5.75 Å². The van der Waals surface area contributed by atoms with Gasteiger partial charge in [-0.2, -0.15) is 0 Å². The SMILES string of the molecule is COc1ccc(CNc2cccc3c2c(=O)c2cccc(C)c2n3CCCN(C)C)cc1. The molecular weight excluding hydrogens is 398 g/mol. The number of methoxy groups -OCH3 is 1. The fourth-order valence-electron chi connectivity index (χ4n) is 4.32. The predicted molar refractivity (Wildman–Crippen MR) is 134 cm³/mol. The van der Waals surface area contributed by atoms with E-state index in [2.05, 4.69) is 47.9 Å². The van der Waals surface area contributed by atoms with Gasteiger partial charge in [-0.25, -0.2) is 0 Å². The molecule has 5 heteroatoms. The van der Waals surface area contributed by atoms with Gasteiger partial charge < -0.3 is 19.5 Å². The topological polar surface area (TPSA) is 46.5 Å². The third-order valence-electron chi connectivity index (χ3n) is 5.94. The zero-order valence-corrected chi connectivity index (χ0v) is 19.3. The Balaban J connectivity index is 1.80. The van der Waals surface area contributed by atoms with Crippen molar-refractivity contribution in [2.24, 2.45) is 0 Å². The Hall–Kier alpha value is -3.31. The van der Waals surface area contributed by atoms with Crippen LogP contribution in [0.5, 0.6) is 5.75 Å². The third-order valence-corrected chi connectivity index (χ3v) is 5.94. The van der Waals surface area contributed by atoms with Crippen LogP contribution < -0.4 is 15.5 Å². The van der Waals surface area contributed by atoms with E-state index in [0.717, 1.165) is 63.9 Å². The number of ether oxygens (including phenoxy) is 1. The lowest BCUT2D eigenvalue weighted by atomic mass is 10.0. The Morgan fingerprint density at radius 2 is 1.75 bits per heavy atom. The van der Waals surface area contributed by atoms with E-state index in [9.17, 15) is 4.79 Å². The van der Waals surface area contributed by atoms with E-state index in [0.29, 0.717) is 6.54 Å². The molecule has 0 fully saturated rings. The van der Waals surface area contributed by atoms with Gasteiger partial charge in [0.15, 0.2) is 5.43 Å². The molecule has 5 nitrogen and oxygen atoms in total. The van der Waals surface area contributed by atoms with Crippen LogP contribution in [-0.4, -0.2) is 37.2 Å². The monoisotopic (exact) mass is 429 g/mol. The minimum absolute atomic E-state index is 0.0837. The van der Waals surface area contributed by atoms with Gasteiger partial charge in [0.25, 0.3) is 0 Å². The highest BCUT2D eigenvalue weighted by Crippen LogP contribution is 2.27. The van der Waals surface area contributed by atoms with Crippen molar-refractivity contribution in [3.8, 4) is 5.75 Å². The lowest BCUT2D eigenvalue weighted by Crippen LogP contribution is -2.18. The van der Waals surface area contributed by atoms with Gasteiger partial charge in [0.05, 0.1) is 23.5 Å². The van der Waals surface area contributed by atoms with Gasteiger partial charge in [-0.15, -0.1) is 0 Å². The van der Waals surface area contributed by atoms with Crippen LogP contribution in [0.3, 0.4) is 0 Å². The van der Waals surface area contributed by atoms with Crippen molar-refractivity contribution in [2.75, 3.05) is 33.1 Å². The molecule has 4 aromatic rings. The van der Waals surface area contributed by atoms with Crippen LogP contribution in [0.15, 0.2) is 65.5 Å². The lowest BCUT2D eigenvalue weighted by Gasteiger charge is -2.20. The molecule has 3 aromatic carbocycles. The fourth-order valence-corrected chi connectivity index (χ4v) is 4.32. The first-order valence-corrected chi connectivity index (χ1v) is 11.1. The Bertz CT molecular complexity index is 1290. The summed E-state index contributed by atoms with van der Waals surface area (Å²) in [6.45, 7) is 4.57. The summed E-state index contributed by atoms with van der Waals surface area (Å²) in [4.78, 5) is 15.8. The standard InChI is InChI=1S/C27H31N3O2/c1-19-8-5-9-22-26(19)30(17-7-16-29(2)3)24-11-6-10-23(25(24)27(22)31)28-18-20-12-14-21(32-4)15-13-20/h5-6,8-15,28H,7,16-18H2,1-4H3. The van der Waals surface area contributed by atoms with Gasteiger partial charge >= 0.3 is 0 Å². The van der Waals surface area contributed by atoms with Crippen molar-refractivity contribution >= 4 is 27.5 Å². The molecule has 1 heterocycles. The minimum atomic E-state index is 0.0837. The van der Waals surface area contributed by atoms with E-state index in [4.69, 9.17) is 4.74 Å². The molecule has 0 spiro atoms. The molecule has 1 aromatic heterocycles. The number of hydrogen-bond donors (Lipinski definition) is 1. The molecule has 0 aliphatic heterocycles. The Morgan fingerprint density at radius 1 is 1.00 bits per heavy atom. The van der Waals surface area contributed by atoms with Crippen LogP contribution in [0.25, 0.3) is 21.8 Å². The average Bonchev–Trinajstić information content (AvgIpc) is 2.80. The second-order valence-electron chi connectivity index (χ2n) is 8.51. The van der Waals surface area contributed by atoms with Gasteiger partial charge in [0, 0.05) is 24.2 Å². The van der Waals surface area contributed by atoms with Crippen molar-refractivity contribution in [1.29, 1.82) is 0 Å². The molecule has 0 saturated heterocycles. The summed E-state index contributed by atoms with van der Waals surface area (Å²) in [5.41, 5.74) is 5.23. The Labute approximate surface area is 189 Å². The van der Waals surface area contributed by atoms with Gasteiger partial charge in [-0.3, -0.25) is 4.79 Å². The summed E-state index contributed by atoms with van der Waals surface area (Å²) < 4.78 is 7.57. The van der Waals surface area contributed by atoms with Gasteiger partial charge in [-0.1, -0.05) is 30.3 Å². The summed E-state index contributed by atoms with van der Waals surface area (Å²) in [6, 6.07) is 20.1. The van der Waals surface area contributed by atoms with Crippen molar-refractivity contribution in [3.63, 3.8) is 0 Å². The number of aryl methyl sites for hydroxylation is 2. The van der Waals surface area contributed by atoms with E-state index in [1.54, 1.807) is 7.11 Å². The molecular formula is C27H31N3O2. The Morgan fingerprint density at radius 3 is 2.47 bits per heavy atom. The number of fused-ring (bicyclic) bond motifs is 2. The van der Waals surface area contributed by atoms with Crippen LogP contribution in [0.1, 0.15) is 17.5 Å². The second-order valence-corrected chi connectivity index (χ2v) is 8.51. The second kappa shape index (κ2) is 9.45. The number of aromatic nitrogens is 1. The number of nitrogens with zero attached hydrogens (tertiary/aromatic N) is 2. The van der Waals surface area contributed by atoms with Gasteiger partial charge in [0.2, 0.25) is 0 Å². The van der Waals surface area contributed by atoms with Gasteiger partial charge in [-0.05, 0) is 75.4 Å². The van der Waals surface area contributed by atoms with E-state index in [-0.39, 0.29) is 5.43 Å². The first-order valence-electron chi connectivity index (χ1n) is 11.1. The molecule has 0 bridgehead atoms. The number of para-hydroxylation sites is 1. The zero-order valence-electron chi connectivity index (χ0n) is 19.3. The molecule has 32 heavy (non-hydrogen) atoms. The highest BCUT2D eigenvalue weighted by Gasteiger charge is 2.15. The lowest BCUT2D eigenvalue weighted by molar-refractivity contribution is 0.389. The van der Waals surface area contributed by atoms with Crippen LogP contribution in [0.4, 0.5) is 5.69 Å². The largest absolute Gasteiger partial charge is 0.497 e. The molecule has 0 unspecified atom stereocenters. The summed E-state index contributed by atoms with van der Waals surface area (Å²) in [5.74, 6) is 0.835. The number of anilines is 1. The molecule has 0 amide bonds. The average molecular weight is 430 g/mol. The van der Waals surface area contributed by atoms with Crippen LogP contribution in [-0.2, 0) is 13.1 Å². The predicted octanol–water partition coefficient (Wildman–Crippen LogP) is 5.04. The summed E-state index contributed by atoms with van der Waals surface area (Å²) >= 11 is 0. The van der Waals surface area contributed by atoms with Crippen molar-refractivity contribution in [1.82, 2.24) is 9.47 Å². The smallest absolute Gasteiger partial charge is 0.199 e. The highest BCUT2D eigenvalue weighted by atomic mass is 16.5. The van der Waals surface area contributed by atoms with E-state index < -0.39 is 0 Å². The van der Waals surface area contributed by atoms with E-state index >= 15 is 0 Å². The molecule has 0 aliphatic carbocycles. The summed E-state index contributed by atoms with van der Waals surface area (Å²) in [6.07, 6.45) is 1.01. The minimum Gasteiger partial charge on any atom is -0.497 e. The number of pyridine rings is 1. The van der Waals surface area contributed by atoms with E-state index in [1.165, 1.54) is 0 Å². The molecule has 1 N–H and O–H groups in total. The normalized spacial score (nSPS) is 11.4. The maximum absolute atomic E-state index is 13.6. The zero-order chi connectivity index (χ0) is 22.7. The number of nitrogens with one attached hydrogen (secondary N) is 1. The van der Waals surface area contributed by atoms with Crippen molar-refractivity contribution < 1.29 is 4.74 Å². The van der Waals surface area contributed by atoms with Crippen LogP contribution in [0, 0.1) is 6.92 Å². The maximum Gasteiger partial charge on any atom is 0.199 e. The molecule has 4 rings (SSSR count). The first-order chi connectivity index (χ1) is 15.5. The summed E-state index contributed by atoms with van der Waals surface area (Å²) in [7, 11) is 5.85. The molecule has 0 radical (unpaired) electrons. The quantitative estimate of drug-likeness (QED) is 0.399. The first kappa shape index (κ1) is 21.9. The summed E-state index contributed by atoms with van der Waals surface area (Å²) in [5, 5.41) is 5.03. The van der Waals surface area contributed by atoms with Crippen molar-refractivity contribution in [3.05, 3.63) is 82.0 Å². The number of rotatable bonds is 8. The highest BCUT2D eigenvalue weighted by molar-refractivity contribution is 6.00. The maximum atomic E-state index is 13.6. The third kappa shape index (κ3) is 4.34. The number of benzene rings is 3. The molecule has 0 atom stereocenters. The van der Waals surface area contributed by atoms with Crippen LogP contribution >= 0.6 is 0 Å². The Kier molecular flexibility index (Phi) is 6.47. The molecule has 166 valence electrons. The van der Waals surface area contributed by atoms with Crippen LogP contribution in [0.2, 0.25) is 0 Å². The van der Waals surface area contributed by atoms with Crippen molar-refractivity contribution in [2.45, 2.75) is 26.4 Å². The molecule has 0 saturated carbocycles. The van der Waals surface area contributed by atoms with E-state index in [1.807, 2.05) is 48.5 Å². The fraction of sp³-hybridized carbons (Fsp3) is 0.296. The molecule has 0 aliphatic rings.